The van der Waals surface area contributed by atoms with Gasteiger partial charge in [-0.3, -0.25) is 10.1 Å². The molecule has 0 radical (unpaired) electrons. The summed E-state index contributed by atoms with van der Waals surface area (Å²) < 4.78 is 0. The molecule has 2 rings (SSSR count). The highest BCUT2D eigenvalue weighted by Gasteiger charge is 2.24. The monoisotopic (exact) mass is 250 g/mol. The zero-order valence-corrected chi connectivity index (χ0v) is 10.5. The molecule has 1 aromatic rings. The molecule has 6 heteroatoms. The lowest BCUT2D eigenvalue weighted by Gasteiger charge is -2.31. The predicted molar refractivity (Wildman–Crippen MR) is 68.3 cm³/mol. The van der Waals surface area contributed by atoms with E-state index >= 15 is 0 Å². The third-order valence-corrected chi connectivity index (χ3v) is 3.60. The first-order valence-electron chi connectivity index (χ1n) is 6.43. The second-order valence-electron chi connectivity index (χ2n) is 4.73. The Morgan fingerprint density at radius 1 is 1.39 bits per heavy atom. The Morgan fingerprint density at radius 3 is 2.67 bits per heavy atom. The van der Waals surface area contributed by atoms with Crippen LogP contribution in [0, 0.1) is 16.0 Å². The molecule has 0 aromatic carbocycles. The van der Waals surface area contributed by atoms with Crippen LogP contribution in [0.2, 0.25) is 0 Å². The van der Waals surface area contributed by atoms with Crippen LogP contribution in [0.4, 0.5) is 11.6 Å². The quantitative estimate of drug-likeness (QED) is 0.656. The molecule has 1 aromatic heterocycles. The molecule has 98 valence electrons. The molecule has 0 spiro atoms. The molecule has 0 saturated heterocycles. The van der Waals surface area contributed by atoms with Crippen molar-refractivity contribution in [2.75, 3.05) is 5.32 Å². The SMILES string of the molecule is CCC1CCCCC1Nc1ncc([N+](=O)[O-])cn1. The Bertz CT molecular complexity index is 407. The summed E-state index contributed by atoms with van der Waals surface area (Å²) in [5.41, 5.74) is -0.0729. The number of nitro groups is 1. The van der Waals surface area contributed by atoms with Gasteiger partial charge in [0.2, 0.25) is 5.95 Å². The van der Waals surface area contributed by atoms with E-state index in [4.69, 9.17) is 0 Å². The van der Waals surface area contributed by atoms with Crippen molar-refractivity contribution < 1.29 is 4.92 Å². The van der Waals surface area contributed by atoms with Crippen LogP contribution in [-0.2, 0) is 0 Å². The van der Waals surface area contributed by atoms with Crippen molar-refractivity contribution in [3.05, 3.63) is 22.5 Å². The summed E-state index contributed by atoms with van der Waals surface area (Å²) >= 11 is 0. The molecule has 1 fully saturated rings. The highest BCUT2D eigenvalue weighted by atomic mass is 16.6. The van der Waals surface area contributed by atoms with E-state index in [9.17, 15) is 10.1 Å². The summed E-state index contributed by atoms with van der Waals surface area (Å²) in [6, 6.07) is 0.394. The molecular weight excluding hydrogens is 232 g/mol. The Kier molecular flexibility index (Phi) is 4.07. The molecule has 6 nitrogen and oxygen atoms in total. The van der Waals surface area contributed by atoms with Gasteiger partial charge in [0.25, 0.3) is 0 Å². The Hall–Kier alpha value is -1.72. The second kappa shape index (κ2) is 5.75. The van der Waals surface area contributed by atoms with E-state index in [-0.39, 0.29) is 5.69 Å². The number of nitrogens with one attached hydrogen (secondary N) is 1. The van der Waals surface area contributed by atoms with E-state index in [1.807, 2.05) is 0 Å². The van der Waals surface area contributed by atoms with Gasteiger partial charge in [0, 0.05) is 6.04 Å². The number of rotatable bonds is 4. The van der Waals surface area contributed by atoms with E-state index in [0.717, 1.165) is 12.8 Å². The van der Waals surface area contributed by atoms with Gasteiger partial charge in [-0.05, 0) is 18.8 Å². The van der Waals surface area contributed by atoms with Gasteiger partial charge in [-0.2, -0.15) is 0 Å². The zero-order chi connectivity index (χ0) is 13.0. The van der Waals surface area contributed by atoms with Crippen LogP contribution in [0.15, 0.2) is 12.4 Å². The molecule has 0 aliphatic heterocycles. The first-order chi connectivity index (χ1) is 8.70. The molecule has 2 unspecified atom stereocenters. The number of aromatic nitrogens is 2. The van der Waals surface area contributed by atoms with E-state index in [1.54, 1.807) is 0 Å². The third-order valence-electron chi connectivity index (χ3n) is 3.60. The maximum atomic E-state index is 10.5. The van der Waals surface area contributed by atoms with E-state index in [2.05, 4.69) is 22.2 Å². The molecule has 1 aliphatic carbocycles. The Morgan fingerprint density at radius 2 is 2.06 bits per heavy atom. The Labute approximate surface area is 106 Å². The summed E-state index contributed by atoms with van der Waals surface area (Å²) in [6.45, 7) is 2.20. The number of nitrogens with zero attached hydrogens (tertiary/aromatic N) is 3. The van der Waals surface area contributed by atoms with Gasteiger partial charge in [0.1, 0.15) is 12.4 Å². The maximum absolute atomic E-state index is 10.5. The van der Waals surface area contributed by atoms with Crippen LogP contribution in [0.5, 0.6) is 0 Å². The number of anilines is 1. The van der Waals surface area contributed by atoms with Gasteiger partial charge in [-0.1, -0.05) is 26.2 Å². The minimum absolute atomic E-state index is 0.0729. The molecule has 18 heavy (non-hydrogen) atoms. The topological polar surface area (TPSA) is 81.0 Å². The normalized spacial score (nSPS) is 23.6. The van der Waals surface area contributed by atoms with Crippen LogP contribution in [0.3, 0.4) is 0 Å². The van der Waals surface area contributed by atoms with E-state index in [0.29, 0.717) is 17.9 Å². The largest absolute Gasteiger partial charge is 0.351 e. The van der Waals surface area contributed by atoms with Crippen LogP contribution in [0.1, 0.15) is 39.0 Å². The molecular formula is C12H18N4O2. The van der Waals surface area contributed by atoms with Gasteiger partial charge in [0.15, 0.2) is 0 Å². The molecule has 1 saturated carbocycles. The van der Waals surface area contributed by atoms with Gasteiger partial charge in [-0.25, -0.2) is 9.97 Å². The van der Waals surface area contributed by atoms with Crippen LogP contribution < -0.4 is 5.32 Å². The van der Waals surface area contributed by atoms with Crippen molar-refractivity contribution in [2.45, 2.75) is 45.1 Å². The fraction of sp³-hybridized carbons (Fsp3) is 0.667. The fourth-order valence-electron chi connectivity index (χ4n) is 2.54. The van der Waals surface area contributed by atoms with Gasteiger partial charge in [-0.15, -0.1) is 0 Å². The average molecular weight is 250 g/mol. The Balaban J connectivity index is 2.01. The van der Waals surface area contributed by atoms with Crippen molar-refractivity contribution >= 4 is 11.6 Å². The molecule has 1 heterocycles. The lowest BCUT2D eigenvalue weighted by molar-refractivity contribution is -0.385. The third kappa shape index (κ3) is 2.94. The lowest BCUT2D eigenvalue weighted by atomic mass is 9.83. The summed E-state index contributed by atoms with van der Waals surface area (Å²) in [6.07, 6.45) is 8.52. The van der Waals surface area contributed by atoms with Crippen LogP contribution in [-0.4, -0.2) is 20.9 Å². The highest BCUT2D eigenvalue weighted by Crippen LogP contribution is 2.28. The smallest absolute Gasteiger partial charge is 0.305 e. The number of hydrogen-bond acceptors (Lipinski definition) is 5. The fourth-order valence-corrected chi connectivity index (χ4v) is 2.54. The highest BCUT2D eigenvalue weighted by molar-refractivity contribution is 5.31. The molecule has 0 amide bonds. The molecule has 2 atom stereocenters. The summed E-state index contributed by atoms with van der Waals surface area (Å²) in [7, 11) is 0. The molecule has 1 N–H and O–H groups in total. The van der Waals surface area contributed by atoms with Crippen molar-refractivity contribution in [3.8, 4) is 0 Å². The minimum Gasteiger partial charge on any atom is -0.351 e. The number of hydrogen-bond donors (Lipinski definition) is 1. The van der Waals surface area contributed by atoms with Crippen molar-refractivity contribution in [1.82, 2.24) is 9.97 Å². The van der Waals surface area contributed by atoms with Crippen molar-refractivity contribution in [2.24, 2.45) is 5.92 Å². The minimum atomic E-state index is -0.487. The standard InChI is InChI=1S/C12H18N4O2/c1-2-9-5-3-4-6-11(9)15-12-13-7-10(8-14-12)16(17)18/h7-9,11H,2-6H2,1H3,(H,13,14,15). The first-order valence-corrected chi connectivity index (χ1v) is 6.43. The summed E-state index contributed by atoms with van der Waals surface area (Å²) in [5, 5.41) is 13.8. The van der Waals surface area contributed by atoms with Gasteiger partial charge in [0.05, 0.1) is 4.92 Å². The van der Waals surface area contributed by atoms with Gasteiger partial charge >= 0.3 is 5.69 Å². The summed E-state index contributed by atoms with van der Waals surface area (Å²) in [5.74, 6) is 1.14. The second-order valence-corrected chi connectivity index (χ2v) is 4.73. The average Bonchev–Trinajstić information content (AvgIpc) is 2.40. The molecule has 1 aliphatic rings. The predicted octanol–water partition coefficient (Wildman–Crippen LogP) is 2.77. The van der Waals surface area contributed by atoms with E-state index < -0.39 is 4.92 Å². The van der Waals surface area contributed by atoms with Crippen LogP contribution >= 0.6 is 0 Å². The maximum Gasteiger partial charge on any atom is 0.305 e. The molecule has 0 bridgehead atoms. The van der Waals surface area contributed by atoms with Crippen LogP contribution in [0.25, 0.3) is 0 Å². The zero-order valence-electron chi connectivity index (χ0n) is 10.5. The van der Waals surface area contributed by atoms with Crippen molar-refractivity contribution in [1.29, 1.82) is 0 Å². The van der Waals surface area contributed by atoms with E-state index in [1.165, 1.54) is 31.7 Å². The lowest BCUT2D eigenvalue weighted by Crippen LogP contribution is -2.32. The van der Waals surface area contributed by atoms with Gasteiger partial charge < -0.3 is 5.32 Å². The first kappa shape index (κ1) is 12.7. The van der Waals surface area contributed by atoms with Crippen molar-refractivity contribution in [3.63, 3.8) is 0 Å². The summed E-state index contributed by atoms with van der Waals surface area (Å²) in [4.78, 5) is 18.0.